The fourth-order valence-corrected chi connectivity index (χ4v) is 5.59. The van der Waals surface area contributed by atoms with E-state index in [1.807, 2.05) is 12.1 Å². The molecule has 1 saturated carbocycles. The van der Waals surface area contributed by atoms with Crippen LogP contribution in [-0.4, -0.2) is 11.7 Å². The van der Waals surface area contributed by atoms with Crippen molar-refractivity contribution in [3.8, 4) is 18.2 Å². The number of ether oxygens (including phenoxy) is 2. The zero-order valence-corrected chi connectivity index (χ0v) is 17.1. The third kappa shape index (κ3) is 2.41. The smallest absolute Gasteiger partial charge is 0.217 e. The third-order valence-corrected chi connectivity index (χ3v) is 7.17. The molecule has 148 valence electrons. The maximum Gasteiger partial charge on any atom is 0.217 e. The summed E-state index contributed by atoms with van der Waals surface area (Å²) in [6.07, 6.45) is 3.38. The minimum atomic E-state index is -2.00. The number of rotatable bonds is 1. The molecule has 1 N–H and O–H groups in total. The van der Waals surface area contributed by atoms with Crippen LogP contribution < -0.4 is 0 Å². The summed E-state index contributed by atoms with van der Waals surface area (Å²) in [4.78, 5) is 0. The van der Waals surface area contributed by atoms with Gasteiger partial charge in [0.2, 0.25) is 17.1 Å². The molecule has 1 aromatic rings. The van der Waals surface area contributed by atoms with Crippen molar-refractivity contribution in [2.45, 2.75) is 50.4 Å². The minimum Gasteiger partial charge on any atom is -0.447 e. The molecule has 0 amide bonds. The Labute approximate surface area is 176 Å². The van der Waals surface area contributed by atoms with Crippen molar-refractivity contribution < 1.29 is 13.9 Å². The molecule has 2 saturated heterocycles. The fourth-order valence-electron chi connectivity index (χ4n) is 5.19. The largest absolute Gasteiger partial charge is 0.447 e. The first kappa shape index (κ1) is 19.8. The van der Waals surface area contributed by atoms with Gasteiger partial charge in [-0.05, 0) is 46.5 Å². The van der Waals surface area contributed by atoms with Crippen molar-refractivity contribution in [2.24, 2.45) is 16.7 Å². The van der Waals surface area contributed by atoms with Gasteiger partial charge in [0.15, 0.2) is 5.41 Å². The molecular weight excluding hydrogens is 439 g/mol. The average molecular weight is 457 g/mol. The Bertz CT molecular complexity index is 995. The maximum absolute atomic E-state index is 13.8. The Morgan fingerprint density at radius 2 is 1.83 bits per heavy atom. The molecule has 0 aromatic heterocycles. The van der Waals surface area contributed by atoms with Gasteiger partial charge in [-0.15, -0.1) is 0 Å². The second kappa shape index (κ2) is 6.80. The molecule has 2 bridgehead atoms. The molecule has 0 spiro atoms. The van der Waals surface area contributed by atoms with Crippen LogP contribution in [0.1, 0.15) is 50.2 Å². The summed E-state index contributed by atoms with van der Waals surface area (Å²) in [6.45, 7) is 0. The van der Waals surface area contributed by atoms with Crippen LogP contribution in [0.2, 0.25) is 0 Å². The predicted molar refractivity (Wildman–Crippen MR) is 102 cm³/mol. The predicted octanol–water partition coefficient (Wildman–Crippen LogP) is 4.88. The lowest BCUT2D eigenvalue weighted by molar-refractivity contribution is -0.289. The quantitative estimate of drug-likeness (QED) is 0.646. The molecule has 8 heteroatoms. The molecule has 4 rings (SSSR count). The van der Waals surface area contributed by atoms with Crippen LogP contribution in [0.5, 0.6) is 0 Å². The molecule has 0 radical (unpaired) electrons. The van der Waals surface area contributed by atoms with E-state index in [1.54, 1.807) is 0 Å². The van der Waals surface area contributed by atoms with Crippen LogP contribution in [0.15, 0.2) is 22.7 Å². The SMILES string of the molecule is N#CC1(C#N)C(c2ccc(F)c(Br)c2)OC23CCCCCCC2C1(C#N)C(=N)O3. The van der Waals surface area contributed by atoms with Crippen LogP contribution in [0.25, 0.3) is 0 Å². The average Bonchev–Trinajstić information content (AvgIpc) is 2.87. The summed E-state index contributed by atoms with van der Waals surface area (Å²) < 4.78 is 26.3. The van der Waals surface area contributed by atoms with Crippen LogP contribution in [0, 0.1) is 62.0 Å². The van der Waals surface area contributed by atoms with Gasteiger partial charge in [0.1, 0.15) is 11.9 Å². The van der Waals surface area contributed by atoms with Gasteiger partial charge in [-0.1, -0.05) is 25.3 Å². The number of nitrogens with one attached hydrogen (secondary N) is 1. The van der Waals surface area contributed by atoms with Crippen molar-refractivity contribution in [3.05, 3.63) is 34.1 Å². The van der Waals surface area contributed by atoms with Crippen LogP contribution in [-0.2, 0) is 9.47 Å². The highest BCUT2D eigenvalue weighted by molar-refractivity contribution is 9.10. The molecule has 3 aliphatic rings. The number of benzene rings is 1. The zero-order valence-electron chi connectivity index (χ0n) is 15.5. The highest BCUT2D eigenvalue weighted by Crippen LogP contribution is 2.68. The first-order valence-electron chi connectivity index (χ1n) is 9.55. The molecule has 2 aliphatic heterocycles. The third-order valence-electron chi connectivity index (χ3n) is 6.56. The normalized spacial score (nSPS) is 35.1. The van der Waals surface area contributed by atoms with Crippen molar-refractivity contribution in [3.63, 3.8) is 0 Å². The lowest BCUT2D eigenvalue weighted by Gasteiger charge is -2.50. The lowest BCUT2D eigenvalue weighted by Crippen LogP contribution is -2.59. The molecule has 1 aliphatic carbocycles. The Morgan fingerprint density at radius 1 is 1.10 bits per heavy atom. The zero-order chi connectivity index (χ0) is 20.9. The highest BCUT2D eigenvalue weighted by Gasteiger charge is 2.80. The van der Waals surface area contributed by atoms with E-state index in [0.29, 0.717) is 18.4 Å². The van der Waals surface area contributed by atoms with Gasteiger partial charge in [0.25, 0.3) is 0 Å². The van der Waals surface area contributed by atoms with Gasteiger partial charge in [-0.3, -0.25) is 5.41 Å². The molecule has 3 fully saturated rings. The second-order valence-corrected chi connectivity index (χ2v) is 8.73. The van der Waals surface area contributed by atoms with Gasteiger partial charge in [-0.25, -0.2) is 4.39 Å². The van der Waals surface area contributed by atoms with E-state index in [-0.39, 0.29) is 10.4 Å². The summed E-state index contributed by atoms with van der Waals surface area (Å²) in [6, 6.07) is 10.3. The Balaban J connectivity index is 1.98. The Kier molecular flexibility index (Phi) is 4.65. The minimum absolute atomic E-state index is 0.162. The van der Waals surface area contributed by atoms with Crippen LogP contribution >= 0.6 is 15.9 Å². The van der Waals surface area contributed by atoms with E-state index in [4.69, 9.17) is 14.9 Å². The topological polar surface area (TPSA) is 114 Å². The highest BCUT2D eigenvalue weighted by atomic mass is 79.9. The van der Waals surface area contributed by atoms with E-state index in [0.717, 1.165) is 25.7 Å². The first-order chi connectivity index (χ1) is 13.9. The number of halogens is 2. The molecule has 4 unspecified atom stereocenters. The molecular formula is C21H18BrFN4O2. The first-order valence-corrected chi connectivity index (χ1v) is 10.3. The summed E-state index contributed by atoms with van der Waals surface area (Å²) in [7, 11) is 0. The van der Waals surface area contributed by atoms with Gasteiger partial charge in [-0.2, -0.15) is 15.8 Å². The molecule has 1 aromatic carbocycles. The van der Waals surface area contributed by atoms with Crippen molar-refractivity contribution in [1.29, 1.82) is 21.2 Å². The summed E-state index contributed by atoms with van der Waals surface area (Å²) in [5.74, 6) is -2.70. The van der Waals surface area contributed by atoms with E-state index in [2.05, 4.69) is 22.0 Å². The van der Waals surface area contributed by atoms with E-state index < -0.39 is 34.5 Å². The number of hydrogen-bond donors (Lipinski definition) is 1. The molecule has 29 heavy (non-hydrogen) atoms. The second-order valence-electron chi connectivity index (χ2n) is 7.87. The van der Waals surface area contributed by atoms with Crippen molar-refractivity contribution in [2.75, 3.05) is 0 Å². The monoisotopic (exact) mass is 456 g/mol. The Hall–Kier alpha value is -2.47. The fraction of sp³-hybridized carbons (Fsp3) is 0.524. The number of nitriles is 3. The van der Waals surface area contributed by atoms with Crippen LogP contribution in [0.4, 0.5) is 4.39 Å². The van der Waals surface area contributed by atoms with Gasteiger partial charge < -0.3 is 9.47 Å². The summed E-state index contributed by atoms with van der Waals surface area (Å²) >= 11 is 3.14. The van der Waals surface area contributed by atoms with E-state index in [1.165, 1.54) is 18.2 Å². The molecule has 6 nitrogen and oxygen atoms in total. The number of hydrogen-bond acceptors (Lipinski definition) is 6. The summed E-state index contributed by atoms with van der Waals surface area (Å²) in [5.41, 5.74) is -3.36. The standard InChI is InChI=1S/C21H18BrFN4O2/c22-14-9-13(6-7-15(14)23)17-19(10-24,11-25)20(12-26)16-5-3-1-2-4-8-21(16,28-17)29-18(20)27/h6-7,9,16-17,27H,1-5,8H2. The van der Waals surface area contributed by atoms with E-state index >= 15 is 0 Å². The number of nitrogens with zero attached hydrogens (tertiary/aromatic N) is 3. The summed E-state index contributed by atoms with van der Waals surface area (Å²) in [5, 5.41) is 39.3. The maximum atomic E-state index is 13.8. The van der Waals surface area contributed by atoms with Gasteiger partial charge in [0.05, 0.1) is 28.6 Å². The van der Waals surface area contributed by atoms with Crippen LogP contribution in [0.3, 0.4) is 0 Å². The van der Waals surface area contributed by atoms with Gasteiger partial charge >= 0.3 is 0 Å². The molecule has 2 heterocycles. The van der Waals surface area contributed by atoms with Crippen molar-refractivity contribution in [1.82, 2.24) is 0 Å². The van der Waals surface area contributed by atoms with Crippen molar-refractivity contribution >= 4 is 21.8 Å². The Morgan fingerprint density at radius 3 is 2.48 bits per heavy atom. The van der Waals surface area contributed by atoms with E-state index in [9.17, 15) is 20.2 Å². The van der Waals surface area contributed by atoms with Gasteiger partial charge in [0, 0.05) is 6.42 Å². The lowest BCUT2D eigenvalue weighted by atomic mass is 9.52. The molecule has 4 atom stereocenters.